The first kappa shape index (κ1) is 20.1. The van der Waals surface area contributed by atoms with E-state index in [0.717, 1.165) is 31.9 Å². The number of nitrogens with one attached hydrogen (secondary N) is 1. The number of carbonyl (C=O) groups excluding carboxylic acids is 1. The zero-order chi connectivity index (χ0) is 19.6. The van der Waals surface area contributed by atoms with E-state index in [1.165, 1.54) is 17.0 Å². The summed E-state index contributed by atoms with van der Waals surface area (Å²) in [6.45, 7) is 7.66. The lowest BCUT2D eigenvalue weighted by Gasteiger charge is -2.38. The summed E-state index contributed by atoms with van der Waals surface area (Å²) in [6.07, 6.45) is 0.544. The number of sulfone groups is 1. The molecule has 6 nitrogen and oxygen atoms in total. The summed E-state index contributed by atoms with van der Waals surface area (Å²) < 4.78 is 36.6. The number of hydrogen-bond donors (Lipinski definition) is 1. The van der Waals surface area contributed by atoms with E-state index in [4.69, 9.17) is 0 Å². The van der Waals surface area contributed by atoms with Gasteiger partial charge in [-0.15, -0.1) is 0 Å². The highest BCUT2D eigenvalue weighted by Crippen LogP contribution is 2.18. The molecule has 2 heterocycles. The average molecular weight is 399 g/mol. The van der Waals surface area contributed by atoms with E-state index in [-0.39, 0.29) is 35.3 Å². The normalized spacial score (nSPS) is 24.0. The summed E-state index contributed by atoms with van der Waals surface area (Å²) >= 11 is 0. The van der Waals surface area contributed by atoms with E-state index in [1.54, 1.807) is 17.0 Å². The lowest BCUT2D eigenvalue weighted by Crippen LogP contribution is -3.19. The third-order valence-corrected chi connectivity index (χ3v) is 7.60. The number of amides is 1. The molecule has 1 N–H and O–H groups in total. The maximum atomic E-state index is 13.1. The van der Waals surface area contributed by atoms with Crippen LogP contribution in [0.2, 0.25) is 0 Å². The predicted molar refractivity (Wildman–Crippen MR) is 103 cm³/mol. The zero-order valence-electron chi connectivity index (χ0n) is 16.0. The van der Waals surface area contributed by atoms with Gasteiger partial charge >= 0.3 is 0 Å². The molecular weight excluding hydrogens is 369 g/mol. The quantitative estimate of drug-likeness (QED) is 0.756. The molecular formula is C19H29FN3O3S+. The van der Waals surface area contributed by atoms with Gasteiger partial charge in [-0.1, -0.05) is 0 Å². The Morgan fingerprint density at radius 2 is 1.93 bits per heavy atom. The molecule has 27 heavy (non-hydrogen) atoms. The monoisotopic (exact) mass is 398 g/mol. The Morgan fingerprint density at radius 1 is 1.30 bits per heavy atom. The van der Waals surface area contributed by atoms with Crippen molar-refractivity contribution in [2.45, 2.75) is 32.4 Å². The second-order valence-electron chi connectivity index (χ2n) is 7.52. The molecule has 0 bridgehead atoms. The van der Waals surface area contributed by atoms with E-state index >= 15 is 0 Å². The van der Waals surface area contributed by atoms with Crippen LogP contribution in [0.3, 0.4) is 0 Å². The van der Waals surface area contributed by atoms with Gasteiger partial charge in [-0.25, -0.2) is 12.8 Å². The van der Waals surface area contributed by atoms with Crippen molar-refractivity contribution < 1.29 is 22.5 Å². The number of quaternary nitrogens is 1. The summed E-state index contributed by atoms with van der Waals surface area (Å²) in [7, 11) is -3.01. The first-order valence-electron chi connectivity index (χ1n) is 9.66. The predicted octanol–water partition coefficient (Wildman–Crippen LogP) is -0.0453. The van der Waals surface area contributed by atoms with Crippen LogP contribution in [-0.4, -0.2) is 75.5 Å². The summed E-state index contributed by atoms with van der Waals surface area (Å²) in [5.41, 5.74) is 1.00. The van der Waals surface area contributed by atoms with E-state index < -0.39 is 9.84 Å². The number of carbonyl (C=O) groups is 1. The van der Waals surface area contributed by atoms with Gasteiger partial charge in [0.1, 0.15) is 5.82 Å². The highest BCUT2D eigenvalue weighted by molar-refractivity contribution is 7.91. The average Bonchev–Trinajstić information content (AvgIpc) is 3.02. The number of benzene rings is 1. The Balaban J connectivity index is 1.58. The molecule has 2 atom stereocenters. The Morgan fingerprint density at radius 3 is 2.44 bits per heavy atom. The molecule has 0 aliphatic carbocycles. The van der Waals surface area contributed by atoms with Crippen molar-refractivity contribution in [3.8, 4) is 0 Å². The van der Waals surface area contributed by atoms with Gasteiger partial charge in [0.2, 0.25) is 0 Å². The second kappa shape index (κ2) is 8.14. The van der Waals surface area contributed by atoms with Crippen LogP contribution in [0, 0.1) is 5.82 Å². The number of hydrogen-bond acceptors (Lipinski definition) is 4. The van der Waals surface area contributed by atoms with Crippen LogP contribution in [0.15, 0.2) is 24.3 Å². The molecule has 0 saturated carbocycles. The molecule has 3 rings (SSSR count). The zero-order valence-corrected chi connectivity index (χ0v) is 16.8. The number of anilines is 1. The minimum atomic E-state index is -3.01. The molecule has 0 spiro atoms. The molecule has 2 aliphatic heterocycles. The molecule has 2 fully saturated rings. The van der Waals surface area contributed by atoms with Crippen LogP contribution in [0.4, 0.5) is 10.1 Å². The van der Waals surface area contributed by atoms with E-state index in [1.807, 2.05) is 13.8 Å². The Bertz CT molecular complexity index is 761. The van der Waals surface area contributed by atoms with Crippen molar-refractivity contribution in [1.82, 2.24) is 4.90 Å². The molecule has 8 heteroatoms. The number of nitrogens with zero attached hydrogens (tertiary/aromatic N) is 2. The van der Waals surface area contributed by atoms with E-state index in [9.17, 15) is 17.6 Å². The van der Waals surface area contributed by atoms with Crippen LogP contribution in [0.1, 0.15) is 20.3 Å². The van der Waals surface area contributed by atoms with Crippen LogP contribution in [0.5, 0.6) is 0 Å². The minimum Gasteiger partial charge on any atom is -0.360 e. The minimum absolute atomic E-state index is 0.0461. The molecule has 2 aliphatic rings. The molecule has 1 aromatic rings. The van der Waals surface area contributed by atoms with Crippen LogP contribution < -0.4 is 9.80 Å². The number of likely N-dealkylation sites (N-methyl/N-ethyl adjacent to an activating group) is 1. The highest BCUT2D eigenvalue weighted by atomic mass is 32.2. The van der Waals surface area contributed by atoms with Gasteiger partial charge in [0, 0.05) is 18.3 Å². The number of halogens is 1. The summed E-state index contributed by atoms with van der Waals surface area (Å²) in [6, 6.07) is 6.13. The first-order valence-corrected chi connectivity index (χ1v) is 11.5. The summed E-state index contributed by atoms with van der Waals surface area (Å²) in [5.74, 6) is 0.0760. The molecule has 1 aromatic carbocycles. The van der Waals surface area contributed by atoms with Gasteiger partial charge in [0.15, 0.2) is 15.9 Å². The van der Waals surface area contributed by atoms with Gasteiger partial charge in [-0.3, -0.25) is 4.79 Å². The van der Waals surface area contributed by atoms with Crippen molar-refractivity contribution in [3.63, 3.8) is 0 Å². The molecule has 2 saturated heterocycles. The Labute approximate surface area is 160 Å². The van der Waals surface area contributed by atoms with Crippen LogP contribution >= 0.6 is 0 Å². The maximum Gasteiger partial charge on any atom is 0.280 e. The van der Waals surface area contributed by atoms with Gasteiger partial charge in [0.25, 0.3) is 5.91 Å². The number of piperazine rings is 1. The van der Waals surface area contributed by atoms with Gasteiger partial charge in [-0.2, -0.15) is 0 Å². The topological polar surface area (TPSA) is 62.1 Å². The molecule has 1 amide bonds. The second-order valence-corrected chi connectivity index (χ2v) is 9.75. The van der Waals surface area contributed by atoms with Gasteiger partial charge in [0.05, 0.1) is 37.7 Å². The van der Waals surface area contributed by atoms with Crippen molar-refractivity contribution >= 4 is 21.4 Å². The molecule has 0 aromatic heterocycles. The summed E-state index contributed by atoms with van der Waals surface area (Å²) in [4.78, 5) is 18.2. The maximum absolute atomic E-state index is 13.1. The molecule has 150 valence electrons. The first-order chi connectivity index (χ1) is 12.8. The smallest absolute Gasteiger partial charge is 0.280 e. The lowest BCUT2D eigenvalue weighted by atomic mass is 10.1. The Hall–Kier alpha value is -1.67. The standard InChI is InChI=1S/C19H28FN3O3S/c1-3-23(18-8-13-27(25,26)14-18)19(24)15(2)21-9-11-22(12-10-21)17-6-4-16(20)5-7-17/h4-7,15,18H,3,8-14H2,1-2H3/p+1/t15-,18+/m0/s1. The fourth-order valence-corrected chi connectivity index (χ4v) is 5.91. The third kappa shape index (κ3) is 4.60. The molecule has 0 unspecified atom stereocenters. The van der Waals surface area contributed by atoms with Gasteiger partial charge < -0.3 is 14.7 Å². The molecule has 0 radical (unpaired) electrons. The fraction of sp³-hybridized carbons (Fsp3) is 0.632. The Kier molecular flexibility index (Phi) is 6.05. The third-order valence-electron chi connectivity index (χ3n) is 5.85. The summed E-state index contributed by atoms with van der Waals surface area (Å²) in [5, 5.41) is 0. The van der Waals surface area contributed by atoms with Crippen LogP contribution in [-0.2, 0) is 14.6 Å². The highest BCUT2D eigenvalue weighted by Gasteiger charge is 2.38. The van der Waals surface area contributed by atoms with E-state index in [0.29, 0.717) is 13.0 Å². The van der Waals surface area contributed by atoms with Crippen molar-refractivity contribution in [2.75, 3.05) is 49.1 Å². The SMILES string of the molecule is CCN(C(=O)[C@H](C)[NH+]1CCN(c2ccc(F)cc2)CC1)[C@@H]1CCS(=O)(=O)C1. The van der Waals surface area contributed by atoms with Crippen molar-refractivity contribution in [2.24, 2.45) is 0 Å². The van der Waals surface area contributed by atoms with Crippen molar-refractivity contribution in [1.29, 1.82) is 0 Å². The van der Waals surface area contributed by atoms with Crippen LogP contribution in [0.25, 0.3) is 0 Å². The van der Waals surface area contributed by atoms with Crippen molar-refractivity contribution in [3.05, 3.63) is 30.1 Å². The largest absolute Gasteiger partial charge is 0.360 e. The van der Waals surface area contributed by atoms with Gasteiger partial charge in [-0.05, 0) is 44.5 Å². The fourth-order valence-electron chi connectivity index (χ4n) is 4.18. The lowest BCUT2D eigenvalue weighted by molar-refractivity contribution is -0.915. The number of rotatable bonds is 5. The van der Waals surface area contributed by atoms with E-state index in [2.05, 4.69) is 4.90 Å².